The van der Waals surface area contributed by atoms with Gasteiger partial charge in [-0.05, 0) is 12.8 Å². The first-order valence-corrected chi connectivity index (χ1v) is 8.96. The zero-order valence-corrected chi connectivity index (χ0v) is 11.5. The fourth-order valence-electron chi connectivity index (χ4n) is 1.43. The van der Waals surface area contributed by atoms with E-state index in [1.54, 1.807) is 0 Å². The standard InChI is InChI=1S/C6H15NO7P2S/c8-15(9,13-14-16(10,11)12)7-17-6-4-2-1-3-5-6/h6H,1-5H2,(H2,7,8,9)(H2,10,11,12). The first kappa shape index (κ1) is 15.6. The molecule has 0 aromatic carbocycles. The van der Waals surface area contributed by atoms with Gasteiger partial charge in [-0.3, -0.25) is 0 Å². The summed E-state index contributed by atoms with van der Waals surface area (Å²) in [5.41, 5.74) is 0. The monoisotopic (exact) mass is 307 g/mol. The largest absolute Gasteiger partial charge is 0.497 e. The summed E-state index contributed by atoms with van der Waals surface area (Å²) in [5, 5.41) is 0.197. The van der Waals surface area contributed by atoms with Gasteiger partial charge >= 0.3 is 15.6 Å². The molecule has 1 unspecified atom stereocenters. The van der Waals surface area contributed by atoms with Crippen LogP contribution < -0.4 is 4.49 Å². The minimum atomic E-state index is -4.92. The van der Waals surface area contributed by atoms with Gasteiger partial charge in [0.05, 0.1) is 0 Å². The maximum atomic E-state index is 11.2. The normalized spacial score (nSPS) is 22.3. The van der Waals surface area contributed by atoms with Crippen molar-refractivity contribution in [1.29, 1.82) is 0 Å². The Balaban J connectivity index is 2.28. The van der Waals surface area contributed by atoms with Crippen molar-refractivity contribution in [2.24, 2.45) is 0 Å². The Morgan fingerprint density at radius 3 is 2.18 bits per heavy atom. The second-order valence-electron chi connectivity index (χ2n) is 3.63. The zero-order chi connectivity index (χ0) is 12.9. The molecule has 0 aromatic heterocycles. The van der Waals surface area contributed by atoms with Crippen molar-refractivity contribution in [1.82, 2.24) is 4.49 Å². The maximum Gasteiger partial charge on any atom is 0.497 e. The van der Waals surface area contributed by atoms with Crippen molar-refractivity contribution in [2.75, 3.05) is 0 Å². The molecule has 1 fully saturated rings. The summed E-state index contributed by atoms with van der Waals surface area (Å²) in [6.07, 6.45) is 5.14. The van der Waals surface area contributed by atoms with Crippen molar-refractivity contribution in [3.05, 3.63) is 0 Å². The molecule has 1 rings (SSSR count). The van der Waals surface area contributed by atoms with Crippen molar-refractivity contribution in [3.8, 4) is 0 Å². The predicted molar refractivity (Wildman–Crippen MR) is 61.6 cm³/mol. The van der Waals surface area contributed by atoms with Gasteiger partial charge in [0.1, 0.15) is 0 Å². The highest BCUT2D eigenvalue weighted by molar-refractivity contribution is 8.02. The van der Waals surface area contributed by atoms with E-state index in [1.807, 2.05) is 0 Å². The number of nitrogens with one attached hydrogen (secondary N) is 1. The van der Waals surface area contributed by atoms with Gasteiger partial charge in [0.2, 0.25) is 0 Å². The van der Waals surface area contributed by atoms with Crippen molar-refractivity contribution >= 4 is 27.5 Å². The van der Waals surface area contributed by atoms with Gasteiger partial charge in [0, 0.05) is 5.25 Å². The fourth-order valence-corrected chi connectivity index (χ4v) is 3.96. The van der Waals surface area contributed by atoms with Crippen LogP contribution in [-0.2, 0) is 18.5 Å². The van der Waals surface area contributed by atoms with E-state index < -0.39 is 15.6 Å². The van der Waals surface area contributed by atoms with Crippen LogP contribution >= 0.6 is 27.5 Å². The van der Waals surface area contributed by atoms with Crippen molar-refractivity contribution < 1.29 is 33.2 Å². The molecule has 1 saturated carbocycles. The average Bonchev–Trinajstić information content (AvgIpc) is 2.25. The topological polar surface area (TPSA) is 125 Å². The fraction of sp³-hybridized carbons (Fsp3) is 1.00. The Labute approximate surface area is 103 Å². The van der Waals surface area contributed by atoms with E-state index in [4.69, 9.17) is 14.7 Å². The molecular weight excluding hydrogens is 292 g/mol. The van der Waals surface area contributed by atoms with Gasteiger partial charge < -0.3 is 14.7 Å². The van der Waals surface area contributed by atoms with Gasteiger partial charge in [0.25, 0.3) is 0 Å². The lowest BCUT2D eigenvalue weighted by Gasteiger charge is -2.21. The minimum absolute atomic E-state index is 0.197. The maximum absolute atomic E-state index is 11.2. The number of phosphoric acid groups is 1. The van der Waals surface area contributed by atoms with Crippen LogP contribution in [0, 0.1) is 0 Å². The van der Waals surface area contributed by atoms with Crippen LogP contribution in [0.15, 0.2) is 0 Å². The molecule has 0 spiro atoms. The highest BCUT2D eigenvalue weighted by atomic mass is 32.2. The number of hydrogen-bond donors (Lipinski definition) is 4. The van der Waals surface area contributed by atoms with E-state index in [2.05, 4.69) is 13.8 Å². The molecule has 0 bridgehead atoms. The van der Waals surface area contributed by atoms with E-state index in [0.717, 1.165) is 44.1 Å². The van der Waals surface area contributed by atoms with Crippen molar-refractivity contribution in [3.63, 3.8) is 0 Å². The van der Waals surface area contributed by atoms with E-state index >= 15 is 0 Å². The Hall–Kier alpha value is 0.570. The molecule has 0 aliphatic heterocycles. The van der Waals surface area contributed by atoms with Gasteiger partial charge in [-0.15, -0.1) is 9.35 Å². The summed E-state index contributed by atoms with van der Waals surface area (Å²) in [7, 11) is -9.28. The Morgan fingerprint density at radius 1 is 1.06 bits per heavy atom. The molecule has 1 atom stereocenters. The lowest BCUT2D eigenvalue weighted by Crippen LogP contribution is -2.14. The molecule has 0 amide bonds. The second-order valence-corrected chi connectivity index (χ2v) is 7.58. The van der Waals surface area contributed by atoms with Gasteiger partial charge in [-0.25, -0.2) is 9.13 Å². The first-order chi connectivity index (χ1) is 7.79. The number of hydrogen-bond acceptors (Lipinski definition) is 5. The molecule has 1 aliphatic rings. The molecule has 17 heavy (non-hydrogen) atoms. The summed E-state index contributed by atoms with van der Waals surface area (Å²) in [6, 6.07) is 0. The van der Waals surface area contributed by atoms with E-state index in [-0.39, 0.29) is 5.25 Å². The van der Waals surface area contributed by atoms with Crippen LogP contribution in [0.25, 0.3) is 0 Å². The first-order valence-electron chi connectivity index (χ1n) is 4.98. The van der Waals surface area contributed by atoms with Crippen molar-refractivity contribution in [2.45, 2.75) is 37.4 Å². The predicted octanol–water partition coefficient (Wildman–Crippen LogP) is 1.70. The molecule has 102 valence electrons. The summed E-state index contributed by atoms with van der Waals surface area (Å²) in [4.78, 5) is 25.7. The van der Waals surface area contributed by atoms with Gasteiger partial charge in [0.15, 0.2) is 0 Å². The average molecular weight is 307 g/mol. The van der Waals surface area contributed by atoms with Crippen LogP contribution in [0.4, 0.5) is 0 Å². The summed E-state index contributed by atoms with van der Waals surface area (Å²) in [6.45, 7) is 0. The van der Waals surface area contributed by atoms with Crippen LogP contribution in [0.2, 0.25) is 0 Å². The molecule has 0 saturated heterocycles. The molecule has 0 heterocycles. The summed E-state index contributed by atoms with van der Waals surface area (Å²) < 4.78 is 31.0. The second kappa shape index (κ2) is 6.65. The third kappa shape index (κ3) is 7.56. The quantitative estimate of drug-likeness (QED) is 0.251. The lowest BCUT2D eigenvalue weighted by molar-refractivity contribution is -0.131. The third-order valence-corrected chi connectivity index (χ3v) is 4.93. The molecule has 0 aromatic rings. The van der Waals surface area contributed by atoms with E-state index in [1.165, 1.54) is 0 Å². The molecule has 8 nitrogen and oxygen atoms in total. The zero-order valence-electron chi connectivity index (χ0n) is 8.89. The summed E-state index contributed by atoms with van der Waals surface area (Å²) in [5.74, 6) is 0. The van der Waals surface area contributed by atoms with Gasteiger partial charge in [-0.2, -0.15) is 4.49 Å². The summed E-state index contributed by atoms with van der Waals surface area (Å²) >= 11 is 1.03. The van der Waals surface area contributed by atoms with Crippen LogP contribution in [0.1, 0.15) is 32.1 Å². The molecule has 11 heteroatoms. The molecule has 0 radical (unpaired) electrons. The molecule has 4 N–H and O–H groups in total. The van der Waals surface area contributed by atoms with Gasteiger partial charge in [-0.1, -0.05) is 31.2 Å². The molecular formula is C6H15NO7P2S. The van der Waals surface area contributed by atoms with Crippen LogP contribution in [0.3, 0.4) is 0 Å². The smallest absolute Gasteiger partial charge is 0.310 e. The van der Waals surface area contributed by atoms with Crippen LogP contribution in [-0.4, -0.2) is 19.9 Å². The highest BCUT2D eigenvalue weighted by Gasteiger charge is 2.28. The Morgan fingerprint density at radius 2 is 1.65 bits per heavy atom. The van der Waals surface area contributed by atoms with E-state index in [0.29, 0.717) is 0 Å². The molecule has 1 aliphatic carbocycles. The van der Waals surface area contributed by atoms with Crippen LogP contribution in [0.5, 0.6) is 0 Å². The minimum Gasteiger partial charge on any atom is -0.310 e. The Bertz CT molecular complexity index is 328. The highest BCUT2D eigenvalue weighted by Crippen LogP contribution is 2.48. The SMILES string of the molecule is O=P(O)(O)OOP(=O)(O)NSC1CCCCC1. The third-order valence-electron chi connectivity index (χ3n) is 2.12. The van der Waals surface area contributed by atoms with E-state index in [9.17, 15) is 9.13 Å². The lowest BCUT2D eigenvalue weighted by atomic mass is 10.0. The Kier molecular flexibility index (Phi) is 6.12. The number of rotatable bonds is 6.